The largest absolute Gasteiger partial charge is 0.494 e. The molecule has 1 atom stereocenters. The Kier molecular flexibility index (Phi) is 5.15. The number of ether oxygens (including phenoxy) is 1. The van der Waals surface area contributed by atoms with E-state index in [1.54, 1.807) is 0 Å². The van der Waals surface area contributed by atoms with Gasteiger partial charge in [-0.1, -0.05) is 17.7 Å². The molecule has 0 spiro atoms. The molecule has 0 amide bonds. The van der Waals surface area contributed by atoms with Crippen LogP contribution in [0.1, 0.15) is 12.0 Å². The van der Waals surface area contributed by atoms with Gasteiger partial charge in [0.05, 0.1) is 6.61 Å². The highest BCUT2D eigenvalue weighted by atomic mass is 16.5. The summed E-state index contributed by atoms with van der Waals surface area (Å²) in [5.41, 5.74) is 6.69. The molecule has 0 aliphatic carbocycles. The third-order valence-corrected chi connectivity index (χ3v) is 2.41. The highest BCUT2D eigenvalue weighted by molar-refractivity contribution is 5.26. The van der Waals surface area contributed by atoms with Gasteiger partial charge < -0.3 is 15.6 Å². The lowest BCUT2D eigenvalue weighted by atomic mass is 10.1. The Bertz CT molecular complexity index is 267. The van der Waals surface area contributed by atoms with E-state index in [-0.39, 0.29) is 12.5 Å². The summed E-state index contributed by atoms with van der Waals surface area (Å²) in [5, 5.41) is 8.92. The molecule has 0 aliphatic heterocycles. The lowest BCUT2D eigenvalue weighted by molar-refractivity contribution is 0.195. The number of hydrogen-bond donors (Lipinski definition) is 2. The van der Waals surface area contributed by atoms with Crippen molar-refractivity contribution in [2.45, 2.75) is 13.3 Å². The molecule has 3 nitrogen and oxygen atoms in total. The molecule has 0 fully saturated rings. The van der Waals surface area contributed by atoms with Crippen molar-refractivity contribution in [2.24, 2.45) is 11.7 Å². The molecule has 0 aromatic heterocycles. The second-order valence-electron chi connectivity index (χ2n) is 3.73. The first-order valence-electron chi connectivity index (χ1n) is 5.26. The third-order valence-electron chi connectivity index (χ3n) is 2.41. The van der Waals surface area contributed by atoms with Crippen LogP contribution in [0.15, 0.2) is 24.3 Å². The molecule has 84 valence electrons. The molecule has 0 saturated carbocycles. The van der Waals surface area contributed by atoms with Gasteiger partial charge in [-0.3, -0.25) is 0 Å². The fourth-order valence-electron chi connectivity index (χ4n) is 1.26. The second-order valence-corrected chi connectivity index (χ2v) is 3.73. The SMILES string of the molecule is Cc1ccc(OCCC(CN)CO)cc1. The number of benzene rings is 1. The maximum atomic E-state index is 8.92. The van der Waals surface area contributed by atoms with Crippen LogP contribution in [-0.2, 0) is 0 Å². The molecule has 0 heterocycles. The Morgan fingerprint density at radius 1 is 1.33 bits per heavy atom. The van der Waals surface area contributed by atoms with E-state index in [9.17, 15) is 0 Å². The van der Waals surface area contributed by atoms with Crippen LogP contribution in [0.25, 0.3) is 0 Å². The minimum atomic E-state index is 0.133. The molecule has 15 heavy (non-hydrogen) atoms. The van der Waals surface area contributed by atoms with Gasteiger partial charge in [0.2, 0.25) is 0 Å². The predicted molar refractivity (Wildman–Crippen MR) is 60.9 cm³/mol. The minimum absolute atomic E-state index is 0.133. The molecule has 1 rings (SSSR count). The molecule has 1 unspecified atom stereocenters. The van der Waals surface area contributed by atoms with E-state index in [2.05, 4.69) is 0 Å². The van der Waals surface area contributed by atoms with Gasteiger partial charge >= 0.3 is 0 Å². The van der Waals surface area contributed by atoms with Gasteiger partial charge in [-0.15, -0.1) is 0 Å². The third kappa shape index (κ3) is 4.32. The van der Waals surface area contributed by atoms with E-state index >= 15 is 0 Å². The van der Waals surface area contributed by atoms with Gasteiger partial charge in [0, 0.05) is 6.61 Å². The Hall–Kier alpha value is -1.06. The second kappa shape index (κ2) is 6.43. The molecule has 3 heteroatoms. The van der Waals surface area contributed by atoms with Gasteiger partial charge in [0.15, 0.2) is 0 Å². The molecule has 3 N–H and O–H groups in total. The Morgan fingerprint density at radius 2 is 2.00 bits per heavy atom. The highest BCUT2D eigenvalue weighted by Crippen LogP contribution is 2.12. The summed E-state index contributed by atoms with van der Waals surface area (Å²) < 4.78 is 5.53. The van der Waals surface area contributed by atoms with Crippen LogP contribution in [0.2, 0.25) is 0 Å². The summed E-state index contributed by atoms with van der Waals surface area (Å²) in [4.78, 5) is 0. The Morgan fingerprint density at radius 3 is 2.53 bits per heavy atom. The first-order chi connectivity index (χ1) is 7.26. The summed E-state index contributed by atoms with van der Waals surface area (Å²) >= 11 is 0. The van der Waals surface area contributed by atoms with Crippen LogP contribution >= 0.6 is 0 Å². The van der Waals surface area contributed by atoms with Gasteiger partial charge in [-0.25, -0.2) is 0 Å². The molecule has 1 aromatic carbocycles. The van der Waals surface area contributed by atoms with Crippen LogP contribution in [0.5, 0.6) is 5.75 Å². The lowest BCUT2D eigenvalue weighted by Crippen LogP contribution is -2.20. The number of aliphatic hydroxyl groups is 1. The van der Waals surface area contributed by atoms with Crippen LogP contribution in [-0.4, -0.2) is 24.9 Å². The summed E-state index contributed by atoms with van der Waals surface area (Å²) in [6.07, 6.45) is 0.793. The number of aryl methyl sites for hydroxylation is 1. The summed E-state index contributed by atoms with van der Waals surface area (Å²) in [5.74, 6) is 1.02. The Balaban J connectivity index is 2.28. The van der Waals surface area contributed by atoms with Crippen molar-refractivity contribution in [3.8, 4) is 5.75 Å². The quantitative estimate of drug-likeness (QED) is 0.743. The van der Waals surface area contributed by atoms with Crippen molar-refractivity contribution in [3.63, 3.8) is 0 Å². The van der Waals surface area contributed by atoms with Crippen molar-refractivity contribution in [1.29, 1.82) is 0 Å². The molecule has 1 aromatic rings. The fourth-order valence-corrected chi connectivity index (χ4v) is 1.26. The van der Waals surface area contributed by atoms with Gasteiger partial charge in [-0.2, -0.15) is 0 Å². The first-order valence-corrected chi connectivity index (χ1v) is 5.26. The van der Waals surface area contributed by atoms with Crippen LogP contribution < -0.4 is 10.5 Å². The summed E-state index contributed by atoms with van der Waals surface area (Å²) in [6.45, 7) is 3.28. The topological polar surface area (TPSA) is 55.5 Å². The zero-order valence-electron chi connectivity index (χ0n) is 9.15. The molecular formula is C12H19NO2. The number of hydrogen-bond acceptors (Lipinski definition) is 3. The average molecular weight is 209 g/mol. The molecule has 0 aliphatic rings. The smallest absolute Gasteiger partial charge is 0.119 e. The van der Waals surface area contributed by atoms with Gasteiger partial charge in [-0.05, 0) is 37.9 Å². The average Bonchev–Trinajstić information content (AvgIpc) is 2.27. The van der Waals surface area contributed by atoms with E-state index in [0.29, 0.717) is 13.2 Å². The zero-order chi connectivity index (χ0) is 11.1. The van der Waals surface area contributed by atoms with Crippen LogP contribution in [0, 0.1) is 12.8 Å². The first kappa shape index (κ1) is 12.0. The molecular weight excluding hydrogens is 190 g/mol. The standard InChI is InChI=1S/C12H19NO2/c1-10-2-4-12(5-3-10)15-7-6-11(8-13)9-14/h2-5,11,14H,6-9,13H2,1H3. The van der Waals surface area contributed by atoms with Crippen molar-refractivity contribution in [2.75, 3.05) is 19.8 Å². The minimum Gasteiger partial charge on any atom is -0.494 e. The van der Waals surface area contributed by atoms with Crippen LogP contribution in [0.3, 0.4) is 0 Å². The van der Waals surface area contributed by atoms with Crippen LogP contribution in [0.4, 0.5) is 0 Å². The fraction of sp³-hybridized carbons (Fsp3) is 0.500. The van der Waals surface area contributed by atoms with Gasteiger partial charge in [0.25, 0.3) is 0 Å². The molecule has 0 saturated heterocycles. The van der Waals surface area contributed by atoms with Crippen molar-refractivity contribution in [3.05, 3.63) is 29.8 Å². The monoisotopic (exact) mass is 209 g/mol. The molecule has 0 radical (unpaired) electrons. The Labute approximate surface area is 90.9 Å². The highest BCUT2D eigenvalue weighted by Gasteiger charge is 2.04. The van der Waals surface area contributed by atoms with Crippen molar-refractivity contribution < 1.29 is 9.84 Å². The number of aliphatic hydroxyl groups excluding tert-OH is 1. The maximum Gasteiger partial charge on any atom is 0.119 e. The zero-order valence-corrected chi connectivity index (χ0v) is 9.15. The maximum absolute atomic E-state index is 8.92. The predicted octanol–water partition coefficient (Wildman–Crippen LogP) is 1.33. The van der Waals surface area contributed by atoms with Crippen molar-refractivity contribution >= 4 is 0 Å². The van der Waals surface area contributed by atoms with E-state index < -0.39 is 0 Å². The summed E-state index contributed by atoms with van der Waals surface area (Å²) in [7, 11) is 0. The van der Waals surface area contributed by atoms with E-state index in [1.165, 1.54) is 5.56 Å². The van der Waals surface area contributed by atoms with Gasteiger partial charge in [0.1, 0.15) is 5.75 Å². The van der Waals surface area contributed by atoms with Crippen molar-refractivity contribution in [1.82, 2.24) is 0 Å². The summed E-state index contributed by atoms with van der Waals surface area (Å²) in [6, 6.07) is 7.93. The lowest BCUT2D eigenvalue weighted by Gasteiger charge is -2.12. The number of nitrogens with two attached hydrogens (primary N) is 1. The van der Waals surface area contributed by atoms with E-state index in [1.807, 2.05) is 31.2 Å². The normalized spacial score (nSPS) is 12.5. The molecule has 0 bridgehead atoms. The van der Waals surface area contributed by atoms with E-state index in [4.69, 9.17) is 15.6 Å². The number of rotatable bonds is 6. The van der Waals surface area contributed by atoms with E-state index in [0.717, 1.165) is 12.2 Å².